The lowest BCUT2D eigenvalue weighted by atomic mass is 9.66. The SMILES string of the molecule is c1ccc(C2(c3ccccc3)c3ccccc3-c3cc(N(c4ccc5c(c4)C(c4ccccc4)(c4ccccc4)c4ccccc4-5)c4ccc5c(c4)C4(c6ccccc6Oc6ccccc64)c4cc(-c6ccc7sccc7c6)ccc4-5)ccc32)cc1. The van der Waals surface area contributed by atoms with Crippen molar-refractivity contribution >= 4 is 38.5 Å². The molecule has 2 heterocycles. The van der Waals surface area contributed by atoms with Gasteiger partial charge in [-0.1, -0.05) is 243 Å². The quantitative estimate of drug-likeness (QED) is 0.150. The molecule has 2 nitrogen and oxygen atoms in total. The van der Waals surface area contributed by atoms with Crippen LogP contribution < -0.4 is 9.64 Å². The van der Waals surface area contributed by atoms with E-state index in [-0.39, 0.29) is 0 Å². The molecule has 0 fully saturated rings. The van der Waals surface area contributed by atoms with Gasteiger partial charge in [0.1, 0.15) is 11.5 Å². The predicted octanol–water partition coefficient (Wildman–Crippen LogP) is 21.2. The van der Waals surface area contributed by atoms with Crippen LogP contribution in [0.2, 0.25) is 0 Å². The highest BCUT2D eigenvalue weighted by Gasteiger charge is 2.53. The summed E-state index contributed by atoms with van der Waals surface area (Å²) in [6, 6.07) is 118. The van der Waals surface area contributed by atoms with Crippen molar-refractivity contribution in [3.05, 3.63) is 388 Å². The predicted molar refractivity (Wildman–Crippen MR) is 354 cm³/mol. The minimum Gasteiger partial charge on any atom is -0.457 e. The van der Waals surface area contributed by atoms with Gasteiger partial charge in [-0.25, -0.2) is 0 Å². The summed E-state index contributed by atoms with van der Waals surface area (Å²) >= 11 is 1.79. The Hall–Kier alpha value is -10.6. The van der Waals surface area contributed by atoms with Gasteiger partial charge in [0.05, 0.1) is 16.2 Å². The summed E-state index contributed by atoms with van der Waals surface area (Å²) in [6.45, 7) is 0. The van der Waals surface area contributed by atoms with Crippen molar-refractivity contribution in [1.82, 2.24) is 0 Å². The lowest BCUT2D eigenvalue weighted by Gasteiger charge is -2.40. The number of nitrogens with zero attached hydrogens (tertiary/aromatic N) is 1. The van der Waals surface area contributed by atoms with Gasteiger partial charge in [-0.05, 0) is 184 Å². The van der Waals surface area contributed by atoms with E-state index in [1.807, 2.05) is 0 Å². The van der Waals surface area contributed by atoms with Gasteiger partial charge in [0.25, 0.3) is 0 Å². The maximum absolute atomic E-state index is 6.97. The summed E-state index contributed by atoms with van der Waals surface area (Å²) in [7, 11) is 0. The third-order valence-corrected chi connectivity index (χ3v) is 20.3. The molecule has 0 saturated heterocycles. The first-order valence-corrected chi connectivity index (χ1v) is 30.7. The van der Waals surface area contributed by atoms with Gasteiger partial charge >= 0.3 is 0 Å². The van der Waals surface area contributed by atoms with Gasteiger partial charge in [-0.2, -0.15) is 0 Å². The number of fused-ring (bicyclic) bond motifs is 16. The molecule has 0 bridgehead atoms. The van der Waals surface area contributed by atoms with Gasteiger partial charge < -0.3 is 9.64 Å². The molecule has 1 aromatic heterocycles. The Bertz CT molecular complexity index is 4920. The first kappa shape index (κ1) is 48.9. The van der Waals surface area contributed by atoms with Crippen molar-refractivity contribution in [2.45, 2.75) is 16.2 Å². The Balaban J connectivity index is 0.922. The smallest absolute Gasteiger partial charge is 0.132 e. The number of rotatable bonds is 8. The molecule has 3 heteroatoms. The Labute approximate surface area is 504 Å². The van der Waals surface area contributed by atoms with Crippen molar-refractivity contribution in [2.75, 3.05) is 4.90 Å². The maximum Gasteiger partial charge on any atom is 0.132 e. The molecule has 0 amide bonds. The van der Waals surface area contributed by atoms with Gasteiger partial charge in [0.15, 0.2) is 0 Å². The minimum absolute atomic E-state index is 0.550. The van der Waals surface area contributed by atoms with E-state index in [1.54, 1.807) is 11.3 Å². The molecule has 0 radical (unpaired) electrons. The Morgan fingerprint density at radius 2 is 0.640 bits per heavy atom. The summed E-state index contributed by atoms with van der Waals surface area (Å²) in [5.74, 6) is 1.73. The van der Waals surface area contributed by atoms with Gasteiger partial charge in [-0.15, -0.1) is 11.3 Å². The lowest BCUT2D eigenvalue weighted by Crippen LogP contribution is -2.32. The number of hydrogen-bond donors (Lipinski definition) is 0. The van der Waals surface area contributed by atoms with Crippen LogP contribution in [0, 0.1) is 0 Å². The van der Waals surface area contributed by atoms with Crippen molar-refractivity contribution < 1.29 is 4.74 Å². The summed E-state index contributed by atoms with van der Waals surface area (Å²) in [5.41, 5.74) is 25.9. The fourth-order valence-electron chi connectivity index (χ4n) is 15.9. The molecule has 0 saturated carbocycles. The van der Waals surface area contributed by atoms with E-state index in [0.717, 1.165) is 39.7 Å². The lowest BCUT2D eigenvalue weighted by molar-refractivity contribution is 0.436. The zero-order valence-corrected chi connectivity index (χ0v) is 47.7. The largest absolute Gasteiger partial charge is 0.457 e. The van der Waals surface area contributed by atoms with E-state index >= 15 is 0 Å². The second-order valence-corrected chi connectivity index (χ2v) is 24.3. The van der Waals surface area contributed by atoms with Gasteiger partial charge in [0, 0.05) is 32.9 Å². The van der Waals surface area contributed by atoms with Crippen LogP contribution in [-0.4, -0.2) is 0 Å². The molecule has 13 aromatic carbocycles. The molecule has 86 heavy (non-hydrogen) atoms. The number of anilines is 3. The zero-order chi connectivity index (χ0) is 56.6. The van der Waals surface area contributed by atoms with Crippen LogP contribution in [0.25, 0.3) is 54.6 Å². The third kappa shape index (κ3) is 6.66. The number of thiophene rings is 1. The zero-order valence-electron chi connectivity index (χ0n) is 46.9. The molecule has 0 unspecified atom stereocenters. The van der Waals surface area contributed by atoms with E-state index in [9.17, 15) is 0 Å². The Morgan fingerprint density at radius 3 is 1.20 bits per heavy atom. The van der Waals surface area contributed by atoms with E-state index < -0.39 is 16.2 Å². The second-order valence-electron chi connectivity index (χ2n) is 23.4. The third-order valence-electron chi connectivity index (χ3n) is 19.4. The van der Waals surface area contributed by atoms with E-state index in [4.69, 9.17) is 4.74 Å². The maximum atomic E-state index is 6.97. The topological polar surface area (TPSA) is 12.5 Å². The van der Waals surface area contributed by atoms with Crippen LogP contribution in [0.5, 0.6) is 11.5 Å². The summed E-state index contributed by atoms with van der Waals surface area (Å²) < 4.78 is 8.26. The van der Waals surface area contributed by atoms with Crippen molar-refractivity contribution in [3.8, 4) is 56.0 Å². The fourth-order valence-corrected chi connectivity index (χ4v) is 16.7. The highest BCUT2D eigenvalue weighted by molar-refractivity contribution is 7.17. The highest BCUT2D eigenvalue weighted by atomic mass is 32.1. The van der Waals surface area contributed by atoms with Gasteiger partial charge in [-0.3, -0.25) is 0 Å². The van der Waals surface area contributed by atoms with Crippen molar-refractivity contribution in [1.29, 1.82) is 0 Å². The Morgan fingerprint density at radius 1 is 0.256 bits per heavy atom. The van der Waals surface area contributed by atoms with E-state index in [1.165, 1.54) is 110 Å². The second kappa shape index (κ2) is 18.7. The molecule has 4 aliphatic rings. The van der Waals surface area contributed by atoms with Crippen LogP contribution in [0.15, 0.2) is 321 Å². The van der Waals surface area contributed by atoms with Crippen LogP contribution in [0.1, 0.15) is 66.8 Å². The van der Waals surface area contributed by atoms with Crippen LogP contribution >= 0.6 is 11.3 Å². The molecule has 402 valence electrons. The van der Waals surface area contributed by atoms with E-state index in [0.29, 0.717) is 0 Å². The monoisotopic (exact) mass is 1110 g/mol. The molecule has 0 atom stereocenters. The molecule has 1 spiro atoms. The molecule has 18 rings (SSSR count). The fraction of sp³-hybridized carbons (Fsp3) is 0.0361. The molecule has 3 aliphatic carbocycles. The summed E-state index contributed by atoms with van der Waals surface area (Å²) in [5, 5.41) is 3.45. The van der Waals surface area contributed by atoms with E-state index in [2.05, 4.69) is 326 Å². The average molecular weight is 1110 g/mol. The van der Waals surface area contributed by atoms with Crippen LogP contribution in [0.4, 0.5) is 17.1 Å². The normalized spacial score (nSPS) is 14.4. The number of hydrogen-bond acceptors (Lipinski definition) is 3. The number of benzene rings is 13. The highest BCUT2D eigenvalue weighted by Crippen LogP contribution is 2.65. The summed E-state index contributed by atoms with van der Waals surface area (Å²) in [6.07, 6.45) is 0. The Kier molecular flexibility index (Phi) is 10.6. The number of para-hydroxylation sites is 2. The molecular weight excluding hydrogens is 1060 g/mol. The molecular formula is C83H53NOS. The molecule has 0 N–H and O–H groups in total. The van der Waals surface area contributed by atoms with Gasteiger partial charge in [0.2, 0.25) is 0 Å². The molecule has 14 aromatic rings. The number of ether oxygens (including phenoxy) is 1. The minimum atomic E-state index is -0.739. The van der Waals surface area contributed by atoms with Crippen LogP contribution in [-0.2, 0) is 16.2 Å². The van der Waals surface area contributed by atoms with Crippen LogP contribution in [0.3, 0.4) is 0 Å². The van der Waals surface area contributed by atoms with Crippen molar-refractivity contribution in [3.63, 3.8) is 0 Å². The standard InChI is InChI=1S/C83H53NOS/c1-5-21-57(22-6-1)81(58-23-7-2-8-24-58)71-32-16-14-30-65(71)69-51-61(41-45-72(69)81)84(62-39-43-67-64-29-13-15-31-70(64)82(76(67)52-62,59-25-9-3-10-26-59)60-27-11-4-12-28-60)63-40-44-68-66-42-37-55(54-38-46-80-56(49-54)47-48-86-80)50-75(66)83(77(68)53-63)73-33-17-19-35-78(73)85-79-36-20-18-34-74(79)83/h1-53H. The average Bonchev–Trinajstić information content (AvgIpc) is 1.56. The van der Waals surface area contributed by atoms with Crippen molar-refractivity contribution in [2.24, 2.45) is 0 Å². The first-order chi connectivity index (χ1) is 42.6. The summed E-state index contributed by atoms with van der Waals surface area (Å²) in [4.78, 5) is 2.55. The molecule has 1 aliphatic heterocycles. The first-order valence-electron chi connectivity index (χ1n) is 29.8.